The van der Waals surface area contributed by atoms with Gasteiger partial charge in [-0.2, -0.15) is 0 Å². The van der Waals surface area contributed by atoms with Crippen LogP contribution in [-0.2, 0) is 0 Å². The van der Waals surface area contributed by atoms with E-state index >= 15 is 0 Å². The number of nitrogens with two attached hydrogens (primary N) is 1. The molecular weight excluding hydrogens is 210 g/mol. The van der Waals surface area contributed by atoms with E-state index in [9.17, 15) is 0 Å². The highest BCUT2D eigenvalue weighted by molar-refractivity contribution is 5.27. The van der Waals surface area contributed by atoms with Gasteiger partial charge < -0.3 is 5.73 Å². The second-order valence-electron chi connectivity index (χ2n) is 4.55. The summed E-state index contributed by atoms with van der Waals surface area (Å²) in [5.41, 5.74) is 7.58. The van der Waals surface area contributed by atoms with Gasteiger partial charge in [0.15, 0.2) is 0 Å². The van der Waals surface area contributed by atoms with E-state index in [2.05, 4.69) is 34.2 Å². The molecule has 2 aromatic rings. The SMILES string of the molecule is NC(c1ncccn1)C1CC1c1ccccc1. The molecule has 1 aromatic carbocycles. The normalized spacial score (nSPS) is 24.3. The standard InChI is InChI=1S/C14H15N3/c15-13(14-16-7-4-8-17-14)12-9-11(12)10-5-2-1-3-6-10/h1-8,11-13H,9,15H2. The minimum atomic E-state index is -0.0404. The summed E-state index contributed by atoms with van der Waals surface area (Å²) >= 11 is 0. The number of nitrogens with zero attached hydrogens (tertiary/aromatic N) is 2. The minimum absolute atomic E-state index is 0.0404. The van der Waals surface area contributed by atoms with Crippen LogP contribution in [-0.4, -0.2) is 9.97 Å². The Balaban J connectivity index is 1.73. The fraction of sp³-hybridized carbons (Fsp3) is 0.286. The van der Waals surface area contributed by atoms with Crippen LogP contribution < -0.4 is 5.73 Å². The van der Waals surface area contributed by atoms with Gasteiger partial charge in [0.1, 0.15) is 5.82 Å². The summed E-state index contributed by atoms with van der Waals surface area (Å²) in [5.74, 6) is 1.82. The van der Waals surface area contributed by atoms with Crippen molar-refractivity contribution in [2.45, 2.75) is 18.4 Å². The quantitative estimate of drug-likeness (QED) is 0.871. The maximum atomic E-state index is 6.20. The average molecular weight is 225 g/mol. The summed E-state index contributed by atoms with van der Waals surface area (Å²) in [4.78, 5) is 8.46. The highest BCUT2D eigenvalue weighted by atomic mass is 14.9. The van der Waals surface area contributed by atoms with Crippen molar-refractivity contribution in [3.63, 3.8) is 0 Å². The topological polar surface area (TPSA) is 51.8 Å². The van der Waals surface area contributed by atoms with E-state index in [4.69, 9.17) is 5.73 Å². The molecule has 1 aromatic heterocycles. The summed E-state index contributed by atoms with van der Waals surface area (Å²) < 4.78 is 0. The molecule has 3 rings (SSSR count). The summed E-state index contributed by atoms with van der Waals surface area (Å²) in [5, 5.41) is 0. The molecular formula is C14H15N3. The maximum Gasteiger partial charge on any atom is 0.145 e. The zero-order valence-corrected chi connectivity index (χ0v) is 9.53. The molecule has 17 heavy (non-hydrogen) atoms. The Bertz CT molecular complexity index is 483. The molecule has 1 fully saturated rings. The van der Waals surface area contributed by atoms with E-state index in [1.165, 1.54) is 5.56 Å². The van der Waals surface area contributed by atoms with Crippen molar-refractivity contribution in [3.8, 4) is 0 Å². The monoisotopic (exact) mass is 225 g/mol. The van der Waals surface area contributed by atoms with Crippen molar-refractivity contribution in [1.82, 2.24) is 9.97 Å². The largest absolute Gasteiger partial charge is 0.321 e. The third-order valence-electron chi connectivity index (χ3n) is 3.41. The molecule has 0 aliphatic heterocycles. The fourth-order valence-electron chi connectivity index (χ4n) is 2.37. The van der Waals surface area contributed by atoms with E-state index in [-0.39, 0.29) is 6.04 Å². The van der Waals surface area contributed by atoms with E-state index in [1.807, 2.05) is 12.1 Å². The fourth-order valence-corrected chi connectivity index (χ4v) is 2.37. The number of hydrogen-bond acceptors (Lipinski definition) is 3. The van der Waals surface area contributed by atoms with E-state index in [0.717, 1.165) is 12.2 Å². The molecule has 1 saturated carbocycles. The molecule has 2 N–H and O–H groups in total. The van der Waals surface area contributed by atoms with Gasteiger partial charge in [-0.15, -0.1) is 0 Å². The molecule has 0 amide bonds. The Morgan fingerprint density at radius 3 is 2.47 bits per heavy atom. The highest BCUT2D eigenvalue weighted by Gasteiger charge is 2.43. The molecule has 1 aliphatic rings. The molecule has 3 unspecified atom stereocenters. The van der Waals surface area contributed by atoms with E-state index < -0.39 is 0 Å². The second kappa shape index (κ2) is 4.26. The van der Waals surface area contributed by atoms with Gasteiger partial charge in [0.05, 0.1) is 6.04 Å². The molecule has 1 aliphatic carbocycles. The zero-order valence-electron chi connectivity index (χ0n) is 9.53. The molecule has 0 saturated heterocycles. The van der Waals surface area contributed by atoms with Crippen molar-refractivity contribution in [2.75, 3.05) is 0 Å². The van der Waals surface area contributed by atoms with Crippen LogP contribution >= 0.6 is 0 Å². The first-order valence-corrected chi connectivity index (χ1v) is 5.93. The zero-order chi connectivity index (χ0) is 11.7. The summed E-state index contributed by atoms with van der Waals surface area (Å²) in [6.07, 6.45) is 4.65. The molecule has 3 nitrogen and oxygen atoms in total. The number of rotatable bonds is 3. The maximum absolute atomic E-state index is 6.20. The Morgan fingerprint density at radius 1 is 1.06 bits per heavy atom. The van der Waals surface area contributed by atoms with Crippen molar-refractivity contribution in [1.29, 1.82) is 0 Å². The first-order valence-electron chi connectivity index (χ1n) is 5.93. The van der Waals surface area contributed by atoms with Gasteiger partial charge in [-0.25, -0.2) is 9.97 Å². The first kappa shape index (κ1) is 10.4. The third-order valence-corrected chi connectivity index (χ3v) is 3.41. The molecule has 1 heterocycles. The van der Waals surface area contributed by atoms with Gasteiger partial charge in [-0.05, 0) is 29.9 Å². The molecule has 86 valence electrons. The Morgan fingerprint density at radius 2 is 1.76 bits per heavy atom. The minimum Gasteiger partial charge on any atom is -0.321 e. The van der Waals surface area contributed by atoms with Crippen LogP contribution in [0.4, 0.5) is 0 Å². The van der Waals surface area contributed by atoms with Crippen molar-refractivity contribution < 1.29 is 0 Å². The molecule has 0 radical (unpaired) electrons. The van der Waals surface area contributed by atoms with Gasteiger partial charge in [0.25, 0.3) is 0 Å². The van der Waals surface area contributed by atoms with E-state index in [1.54, 1.807) is 12.4 Å². The Hall–Kier alpha value is -1.74. The summed E-state index contributed by atoms with van der Waals surface area (Å²) in [6.45, 7) is 0. The molecule has 0 spiro atoms. The summed E-state index contributed by atoms with van der Waals surface area (Å²) in [6, 6.07) is 12.3. The summed E-state index contributed by atoms with van der Waals surface area (Å²) in [7, 11) is 0. The lowest BCUT2D eigenvalue weighted by atomic mass is 10.1. The van der Waals surface area contributed by atoms with Crippen LogP contribution in [0.2, 0.25) is 0 Å². The first-order chi connectivity index (χ1) is 8.36. The van der Waals surface area contributed by atoms with Crippen LogP contribution in [0, 0.1) is 5.92 Å². The number of aromatic nitrogens is 2. The average Bonchev–Trinajstić information content (AvgIpc) is 3.20. The van der Waals surface area contributed by atoms with Gasteiger partial charge >= 0.3 is 0 Å². The third kappa shape index (κ3) is 2.06. The van der Waals surface area contributed by atoms with Crippen LogP contribution in [0.15, 0.2) is 48.8 Å². The molecule has 3 atom stereocenters. The Labute approximate surface area is 101 Å². The molecule has 3 heteroatoms. The smallest absolute Gasteiger partial charge is 0.145 e. The van der Waals surface area contributed by atoms with Crippen LogP contribution in [0.1, 0.15) is 29.8 Å². The van der Waals surface area contributed by atoms with Crippen LogP contribution in [0.3, 0.4) is 0 Å². The predicted molar refractivity (Wildman–Crippen MR) is 66.3 cm³/mol. The molecule has 0 bridgehead atoms. The number of benzene rings is 1. The van der Waals surface area contributed by atoms with Crippen LogP contribution in [0.5, 0.6) is 0 Å². The predicted octanol–water partition coefficient (Wildman–Crippen LogP) is 2.28. The lowest BCUT2D eigenvalue weighted by molar-refractivity contribution is 0.579. The Kier molecular flexibility index (Phi) is 2.61. The van der Waals surface area contributed by atoms with Crippen molar-refractivity contribution >= 4 is 0 Å². The highest BCUT2D eigenvalue weighted by Crippen LogP contribution is 2.52. The lowest BCUT2D eigenvalue weighted by Crippen LogP contribution is -2.16. The second-order valence-corrected chi connectivity index (χ2v) is 4.55. The van der Waals surface area contributed by atoms with Gasteiger partial charge in [0, 0.05) is 12.4 Å². The van der Waals surface area contributed by atoms with Gasteiger partial charge in [-0.3, -0.25) is 0 Å². The number of hydrogen-bond donors (Lipinski definition) is 1. The van der Waals surface area contributed by atoms with Crippen molar-refractivity contribution in [2.24, 2.45) is 11.7 Å². The van der Waals surface area contributed by atoms with Gasteiger partial charge in [-0.1, -0.05) is 30.3 Å². The van der Waals surface area contributed by atoms with Crippen molar-refractivity contribution in [3.05, 3.63) is 60.2 Å². The van der Waals surface area contributed by atoms with E-state index in [0.29, 0.717) is 11.8 Å². The van der Waals surface area contributed by atoms with Gasteiger partial charge in [0.2, 0.25) is 0 Å². The lowest BCUT2D eigenvalue weighted by Gasteiger charge is -2.09. The van der Waals surface area contributed by atoms with Crippen LogP contribution in [0.25, 0.3) is 0 Å².